The molecule has 5 nitrogen and oxygen atoms in total. The van der Waals surface area contributed by atoms with Crippen molar-refractivity contribution < 1.29 is 18.0 Å². The fraction of sp³-hybridized carbons (Fsp3) is 0.227. The zero-order valence-electron chi connectivity index (χ0n) is 16.7. The number of para-hydroxylation sites is 1. The fourth-order valence-electron chi connectivity index (χ4n) is 2.85. The van der Waals surface area contributed by atoms with E-state index in [-0.39, 0.29) is 11.1 Å². The van der Waals surface area contributed by atoms with Crippen molar-refractivity contribution in [3.05, 3.63) is 83.2 Å². The molecule has 0 fully saturated rings. The number of rotatable bonds is 4. The predicted molar refractivity (Wildman–Crippen MR) is 109 cm³/mol. The van der Waals surface area contributed by atoms with Gasteiger partial charge in [-0.25, -0.2) is 10.1 Å². The first-order chi connectivity index (χ1) is 14.1. The lowest BCUT2D eigenvalue weighted by Crippen LogP contribution is -2.23. The summed E-state index contributed by atoms with van der Waals surface area (Å²) in [4.78, 5) is 12.4. The summed E-state index contributed by atoms with van der Waals surface area (Å²) >= 11 is 0. The Kier molecular flexibility index (Phi) is 5.78. The summed E-state index contributed by atoms with van der Waals surface area (Å²) in [5.41, 5.74) is 2.42. The van der Waals surface area contributed by atoms with E-state index in [1.807, 2.05) is 24.3 Å². The third kappa shape index (κ3) is 4.76. The first kappa shape index (κ1) is 21.3. The number of benzene rings is 2. The van der Waals surface area contributed by atoms with Gasteiger partial charge >= 0.3 is 6.18 Å². The number of alkyl halides is 3. The van der Waals surface area contributed by atoms with Crippen molar-refractivity contribution in [3.63, 3.8) is 0 Å². The third-order valence-electron chi connectivity index (χ3n) is 4.44. The number of hydrogen-bond donors (Lipinski definition) is 1. The molecule has 3 aromatic rings. The van der Waals surface area contributed by atoms with Crippen molar-refractivity contribution in [3.8, 4) is 5.69 Å². The number of carbonyl (C=O) groups is 1. The van der Waals surface area contributed by atoms with Crippen LogP contribution in [0.5, 0.6) is 0 Å². The van der Waals surface area contributed by atoms with Crippen LogP contribution in [0.1, 0.15) is 48.0 Å². The Balaban J connectivity index is 1.80. The van der Waals surface area contributed by atoms with E-state index in [9.17, 15) is 18.0 Å². The van der Waals surface area contributed by atoms with Crippen LogP contribution in [-0.4, -0.2) is 21.9 Å². The molecule has 0 saturated heterocycles. The zero-order chi connectivity index (χ0) is 21.9. The minimum Gasteiger partial charge on any atom is -0.267 e. The van der Waals surface area contributed by atoms with Crippen molar-refractivity contribution in [2.45, 2.75) is 32.4 Å². The molecule has 2 aromatic carbocycles. The Morgan fingerprint density at radius 2 is 1.67 bits per heavy atom. The van der Waals surface area contributed by atoms with Gasteiger partial charge in [-0.1, -0.05) is 63.2 Å². The Labute approximate surface area is 172 Å². The van der Waals surface area contributed by atoms with Gasteiger partial charge in [0.05, 0.1) is 23.7 Å². The summed E-state index contributed by atoms with van der Waals surface area (Å²) in [7, 11) is 0. The van der Waals surface area contributed by atoms with Gasteiger partial charge in [0.2, 0.25) is 0 Å². The van der Waals surface area contributed by atoms with Gasteiger partial charge in [0.25, 0.3) is 5.91 Å². The molecule has 0 unspecified atom stereocenters. The molecular formula is C22H21F3N4O. The number of nitrogens with one attached hydrogen (secondary N) is 1. The van der Waals surface area contributed by atoms with Gasteiger partial charge < -0.3 is 0 Å². The molecular weight excluding hydrogens is 393 g/mol. The first-order valence-electron chi connectivity index (χ1n) is 9.22. The van der Waals surface area contributed by atoms with Crippen LogP contribution in [-0.2, 0) is 11.6 Å². The molecule has 0 aliphatic rings. The van der Waals surface area contributed by atoms with Crippen molar-refractivity contribution in [2.24, 2.45) is 5.10 Å². The first-order valence-corrected chi connectivity index (χ1v) is 9.22. The Morgan fingerprint density at radius 1 is 1.03 bits per heavy atom. The standard InChI is InChI=1S/C22H21F3N4O/c1-21(2,3)16-11-9-15(10-12-16)13-26-28-20(30)18-14-27-29(19(18)22(23,24)25)17-7-5-4-6-8-17/h4-14H,1-3H3,(H,28,30). The predicted octanol–water partition coefficient (Wildman–Crippen LogP) is 4.95. The SMILES string of the molecule is CC(C)(C)c1ccc(C=NNC(=O)c2cnn(-c3ccccc3)c2C(F)(F)F)cc1. The molecule has 0 radical (unpaired) electrons. The second kappa shape index (κ2) is 8.14. The summed E-state index contributed by atoms with van der Waals surface area (Å²) in [6, 6.07) is 15.3. The topological polar surface area (TPSA) is 59.3 Å². The molecule has 3 rings (SSSR count). The highest BCUT2D eigenvalue weighted by Crippen LogP contribution is 2.33. The molecule has 0 bridgehead atoms. The van der Waals surface area contributed by atoms with Crippen LogP contribution in [0, 0.1) is 0 Å². The highest BCUT2D eigenvalue weighted by molar-refractivity contribution is 5.96. The number of nitrogens with zero attached hydrogens (tertiary/aromatic N) is 3. The van der Waals surface area contributed by atoms with Gasteiger partial charge in [-0.3, -0.25) is 4.79 Å². The lowest BCUT2D eigenvalue weighted by molar-refractivity contribution is -0.143. The summed E-state index contributed by atoms with van der Waals surface area (Å²) in [6.07, 6.45) is -2.51. The van der Waals surface area contributed by atoms with Gasteiger partial charge in [0.15, 0.2) is 5.69 Å². The largest absolute Gasteiger partial charge is 0.434 e. The van der Waals surface area contributed by atoms with E-state index in [1.165, 1.54) is 18.3 Å². The summed E-state index contributed by atoms with van der Waals surface area (Å²) in [5, 5.41) is 7.54. The van der Waals surface area contributed by atoms with E-state index < -0.39 is 23.3 Å². The van der Waals surface area contributed by atoms with Crippen LogP contribution in [0.15, 0.2) is 65.9 Å². The van der Waals surface area contributed by atoms with E-state index in [1.54, 1.807) is 18.2 Å². The van der Waals surface area contributed by atoms with E-state index in [2.05, 4.69) is 36.4 Å². The summed E-state index contributed by atoms with van der Waals surface area (Å²) < 4.78 is 41.6. The number of hydrazone groups is 1. The van der Waals surface area contributed by atoms with E-state index in [0.717, 1.165) is 11.8 Å². The number of hydrogen-bond acceptors (Lipinski definition) is 3. The number of carbonyl (C=O) groups excluding carboxylic acids is 1. The molecule has 0 aliphatic carbocycles. The van der Waals surface area contributed by atoms with Gasteiger partial charge in [-0.05, 0) is 28.7 Å². The maximum Gasteiger partial charge on any atom is 0.434 e. The van der Waals surface area contributed by atoms with Crippen LogP contribution in [0.25, 0.3) is 5.69 Å². The zero-order valence-corrected chi connectivity index (χ0v) is 16.7. The van der Waals surface area contributed by atoms with Gasteiger partial charge in [-0.15, -0.1) is 0 Å². The molecule has 1 heterocycles. The number of halogens is 3. The third-order valence-corrected chi connectivity index (χ3v) is 4.44. The molecule has 156 valence electrons. The van der Waals surface area contributed by atoms with Crippen LogP contribution in [0.3, 0.4) is 0 Å². The highest BCUT2D eigenvalue weighted by Gasteiger charge is 2.40. The minimum absolute atomic E-state index is 0.00318. The molecule has 0 saturated carbocycles. The maximum atomic E-state index is 13.6. The van der Waals surface area contributed by atoms with Crippen LogP contribution >= 0.6 is 0 Å². The average molecular weight is 414 g/mol. The number of amides is 1. The summed E-state index contributed by atoms with van der Waals surface area (Å²) in [5.74, 6) is -0.993. The summed E-state index contributed by atoms with van der Waals surface area (Å²) in [6.45, 7) is 6.26. The van der Waals surface area contributed by atoms with E-state index in [0.29, 0.717) is 10.2 Å². The molecule has 8 heteroatoms. The number of aromatic nitrogens is 2. The molecule has 1 aromatic heterocycles. The van der Waals surface area contributed by atoms with Crippen molar-refractivity contribution in [1.82, 2.24) is 15.2 Å². The monoisotopic (exact) mass is 414 g/mol. The van der Waals surface area contributed by atoms with Crippen LogP contribution in [0.2, 0.25) is 0 Å². The minimum atomic E-state index is -4.77. The molecule has 0 aliphatic heterocycles. The molecule has 0 spiro atoms. The Morgan fingerprint density at radius 3 is 2.23 bits per heavy atom. The Hall–Kier alpha value is -3.42. The molecule has 1 amide bonds. The van der Waals surface area contributed by atoms with Crippen molar-refractivity contribution in [2.75, 3.05) is 0 Å². The average Bonchev–Trinajstić information content (AvgIpc) is 3.14. The lowest BCUT2D eigenvalue weighted by Gasteiger charge is -2.18. The van der Waals surface area contributed by atoms with Gasteiger partial charge in [-0.2, -0.15) is 23.4 Å². The normalized spacial score (nSPS) is 12.3. The molecule has 1 N–H and O–H groups in total. The molecule has 0 atom stereocenters. The van der Waals surface area contributed by atoms with E-state index >= 15 is 0 Å². The van der Waals surface area contributed by atoms with Crippen LogP contribution in [0.4, 0.5) is 13.2 Å². The van der Waals surface area contributed by atoms with Gasteiger partial charge in [0.1, 0.15) is 0 Å². The second-order valence-corrected chi connectivity index (χ2v) is 7.72. The fourth-order valence-corrected chi connectivity index (χ4v) is 2.85. The smallest absolute Gasteiger partial charge is 0.267 e. The quantitative estimate of drug-likeness (QED) is 0.485. The lowest BCUT2D eigenvalue weighted by atomic mass is 9.87. The Bertz CT molecular complexity index is 1050. The van der Waals surface area contributed by atoms with E-state index in [4.69, 9.17) is 0 Å². The maximum absolute atomic E-state index is 13.6. The van der Waals surface area contributed by atoms with Crippen molar-refractivity contribution in [1.29, 1.82) is 0 Å². The second-order valence-electron chi connectivity index (χ2n) is 7.72. The van der Waals surface area contributed by atoms with Crippen LogP contribution < -0.4 is 5.43 Å². The molecule has 30 heavy (non-hydrogen) atoms. The van der Waals surface area contributed by atoms with Gasteiger partial charge in [0, 0.05) is 0 Å². The highest BCUT2D eigenvalue weighted by atomic mass is 19.4. The van der Waals surface area contributed by atoms with Crippen molar-refractivity contribution >= 4 is 12.1 Å².